The van der Waals surface area contributed by atoms with E-state index in [1.54, 1.807) is 0 Å². The quantitative estimate of drug-likeness (QED) is 0.551. The number of hydrogen-bond acceptors (Lipinski definition) is 4. The Morgan fingerprint density at radius 1 is 0.970 bits per heavy atom. The fourth-order valence-corrected chi connectivity index (χ4v) is 4.58. The summed E-state index contributed by atoms with van der Waals surface area (Å²) in [6.45, 7) is 10.3. The highest BCUT2D eigenvalue weighted by Gasteiger charge is 2.24. The number of rotatable bonds is 8. The third kappa shape index (κ3) is 5.63. The predicted octanol–water partition coefficient (Wildman–Crippen LogP) is 4.59. The van der Waals surface area contributed by atoms with Gasteiger partial charge in [-0.3, -0.25) is 9.69 Å². The molecule has 6 nitrogen and oxygen atoms in total. The Kier molecular flexibility index (Phi) is 7.45. The van der Waals surface area contributed by atoms with E-state index >= 15 is 0 Å². The van der Waals surface area contributed by atoms with Gasteiger partial charge in [0.1, 0.15) is 0 Å². The van der Waals surface area contributed by atoms with Crippen LogP contribution in [0.4, 0.5) is 11.4 Å². The maximum absolute atomic E-state index is 12.6. The minimum atomic E-state index is 0.0500. The fraction of sp³-hybridized carbons (Fsp3) is 0.407. The molecule has 1 fully saturated rings. The van der Waals surface area contributed by atoms with Crippen molar-refractivity contribution in [2.75, 3.05) is 42.9 Å². The number of hydrogen-bond donors (Lipinski definition) is 1. The smallest absolute Gasteiger partial charge is 0.238 e. The van der Waals surface area contributed by atoms with E-state index in [0.717, 1.165) is 55.4 Å². The second kappa shape index (κ2) is 10.7. The van der Waals surface area contributed by atoms with Gasteiger partial charge < -0.3 is 10.2 Å². The molecule has 1 aliphatic heterocycles. The first-order valence-corrected chi connectivity index (χ1v) is 12.0. The number of aryl methyl sites for hydroxylation is 2. The van der Waals surface area contributed by atoms with Gasteiger partial charge in [-0.2, -0.15) is 5.10 Å². The third-order valence-corrected chi connectivity index (χ3v) is 6.37. The molecule has 1 amide bonds. The van der Waals surface area contributed by atoms with Crippen molar-refractivity contribution in [3.63, 3.8) is 0 Å². The van der Waals surface area contributed by atoms with Crippen LogP contribution in [0.1, 0.15) is 36.7 Å². The van der Waals surface area contributed by atoms with E-state index in [9.17, 15) is 4.79 Å². The molecule has 1 aromatic heterocycles. The molecule has 1 saturated heterocycles. The standard InChI is InChI=1S/C27H35N5O/c1-4-5-9-23-12-14-24(15-13-23)28-26(33)20-30-16-18-31(19-17-30)27-21(2)29-32(22(27)3)25-10-7-6-8-11-25/h6-8,10-15H,4-5,9,16-20H2,1-3H3,(H,28,33). The number of amides is 1. The van der Waals surface area contributed by atoms with Crippen LogP contribution in [-0.2, 0) is 11.2 Å². The van der Waals surface area contributed by atoms with E-state index in [-0.39, 0.29) is 5.91 Å². The molecule has 1 aliphatic rings. The molecule has 4 rings (SSSR count). The largest absolute Gasteiger partial charge is 0.366 e. The van der Waals surface area contributed by atoms with Crippen molar-refractivity contribution in [3.05, 3.63) is 71.5 Å². The van der Waals surface area contributed by atoms with Crippen LogP contribution in [0.3, 0.4) is 0 Å². The van der Waals surface area contributed by atoms with Crippen LogP contribution in [0.2, 0.25) is 0 Å². The molecule has 0 spiro atoms. The number of nitrogens with zero attached hydrogens (tertiary/aromatic N) is 4. The van der Waals surface area contributed by atoms with E-state index < -0.39 is 0 Å². The summed E-state index contributed by atoms with van der Waals surface area (Å²) in [4.78, 5) is 17.2. The van der Waals surface area contributed by atoms with E-state index in [1.807, 2.05) is 35.0 Å². The Balaban J connectivity index is 1.30. The van der Waals surface area contributed by atoms with Crippen LogP contribution < -0.4 is 10.2 Å². The van der Waals surface area contributed by atoms with Gasteiger partial charge in [0.15, 0.2) is 0 Å². The zero-order chi connectivity index (χ0) is 23.2. The molecule has 0 unspecified atom stereocenters. The fourth-order valence-electron chi connectivity index (χ4n) is 4.58. The van der Waals surface area contributed by atoms with Crippen LogP contribution in [-0.4, -0.2) is 53.3 Å². The zero-order valence-electron chi connectivity index (χ0n) is 20.1. The number of unbranched alkanes of at least 4 members (excludes halogenated alkanes) is 1. The first-order valence-electron chi connectivity index (χ1n) is 12.0. The monoisotopic (exact) mass is 445 g/mol. The molecule has 0 atom stereocenters. The van der Waals surface area contributed by atoms with E-state index in [4.69, 9.17) is 5.10 Å². The number of para-hydroxylation sites is 1. The van der Waals surface area contributed by atoms with Crippen LogP contribution in [0.25, 0.3) is 5.69 Å². The van der Waals surface area contributed by atoms with Crippen molar-refractivity contribution in [1.82, 2.24) is 14.7 Å². The van der Waals surface area contributed by atoms with Crippen molar-refractivity contribution < 1.29 is 4.79 Å². The third-order valence-electron chi connectivity index (χ3n) is 6.37. The molecule has 0 bridgehead atoms. The summed E-state index contributed by atoms with van der Waals surface area (Å²) in [5.74, 6) is 0.0500. The predicted molar refractivity (Wildman–Crippen MR) is 135 cm³/mol. The lowest BCUT2D eigenvalue weighted by Crippen LogP contribution is -2.49. The van der Waals surface area contributed by atoms with E-state index in [1.165, 1.54) is 24.1 Å². The van der Waals surface area contributed by atoms with Gasteiger partial charge in [0.2, 0.25) is 5.91 Å². The lowest BCUT2D eigenvalue weighted by molar-refractivity contribution is -0.117. The minimum Gasteiger partial charge on any atom is -0.366 e. The highest BCUT2D eigenvalue weighted by Crippen LogP contribution is 2.27. The average molecular weight is 446 g/mol. The number of carbonyl (C=O) groups is 1. The lowest BCUT2D eigenvalue weighted by Gasteiger charge is -2.35. The van der Waals surface area contributed by atoms with E-state index in [2.05, 4.69) is 60.2 Å². The van der Waals surface area contributed by atoms with Gasteiger partial charge in [0.05, 0.1) is 29.3 Å². The maximum atomic E-state index is 12.6. The molecule has 3 aromatic rings. The summed E-state index contributed by atoms with van der Waals surface area (Å²) >= 11 is 0. The summed E-state index contributed by atoms with van der Waals surface area (Å²) in [6, 6.07) is 18.5. The summed E-state index contributed by atoms with van der Waals surface area (Å²) in [6.07, 6.45) is 3.49. The van der Waals surface area contributed by atoms with Crippen LogP contribution in [0.15, 0.2) is 54.6 Å². The number of carbonyl (C=O) groups excluding carboxylic acids is 1. The number of benzene rings is 2. The number of nitrogens with one attached hydrogen (secondary N) is 1. The molecule has 2 heterocycles. The molecule has 2 aromatic carbocycles. The maximum Gasteiger partial charge on any atom is 0.238 e. The molecular weight excluding hydrogens is 410 g/mol. The van der Waals surface area contributed by atoms with Gasteiger partial charge in [0, 0.05) is 31.9 Å². The van der Waals surface area contributed by atoms with Crippen molar-refractivity contribution in [1.29, 1.82) is 0 Å². The summed E-state index contributed by atoms with van der Waals surface area (Å²) < 4.78 is 2.03. The van der Waals surface area contributed by atoms with Gasteiger partial charge in [-0.05, 0) is 56.5 Å². The van der Waals surface area contributed by atoms with Gasteiger partial charge in [-0.1, -0.05) is 43.7 Å². The first kappa shape index (κ1) is 23.1. The van der Waals surface area contributed by atoms with Crippen molar-refractivity contribution in [3.8, 4) is 5.69 Å². The Bertz CT molecular complexity index is 1050. The summed E-state index contributed by atoms with van der Waals surface area (Å²) in [7, 11) is 0. The van der Waals surface area contributed by atoms with E-state index in [0.29, 0.717) is 6.54 Å². The van der Waals surface area contributed by atoms with Crippen LogP contribution in [0, 0.1) is 13.8 Å². The number of anilines is 2. The Morgan fingerprint density at radius 3 is 2.33 bits per heavy atom. The molecular formula is C27H35N5O. The molecule has 0 saturated carbocycles. The average Bonchev–Trinajstić information content (AvgIpc) is 3.13. The highest BCUT2D eigenvalue weighted by atomic mass is 16.2. The number of aromatic nitrogens is 2. The first-order chi connectivity index (χ1) is 16.0. The summed E-state index contributed by atoms with van der Waals surface area (Å²) in [5, 5.41) is 7.84. The van der Waals surface area contributed by atoms with Crippen LogP contribution >= 0.6 is 0 Å². The second-order valence-corrected chi connectivity index (χ2v) is 8.88. The molecule has 174 valence electrons. The second-order valence-electron chi connectivity index (χ2n) is 8.88. The topological polar surface area (TPSA) is 53.4 Å². The Hall–Kier alpha value is -3.12. The molecule has 0 aliphatic carbocycles. The SMILES string of the molecule is CCCCc1ccc(NC(=O)CN2CCN(c3c(C)nn(-c4ccccc4)c3C)CC2)cc1. The van der Waals surface area contributed by atoms with Gasteiger partial charge in [-0.15, -0.1) is 0 Å². The lowest BCUT2D eigenvalue weighted by atomic mass is 10.1. The van der Waals surface area contributed by atoms with Gasteiger partial charge >= 0.3 is 0 Å². The van der Waals surface area contributed by atoms with Gasteiger partial charge in [0.25, 0.3) is 0 Å². The van der Waals surface area contributed by atoms with Crippen LogP contribution in [0.5, 0.6) is 0 Å². The van der Waals surface area contributed by atoms with Crippen molar-refractivity contribution in [2.45, 2.75) is 40.0 Å². The highest BCUT2D eigenvalue weighted by molar-refractivity contribution is 5.92. The Morgan fingerprint density at radius 2 is 1.67 bits per heavy atom. The normalized spacial score (nSPS) is 14.5. The zero-order valence-corrected chi connectivity index (χ0v) is 20.1. The Labute approximate surface area is 197 Å². The van der Waals surface area contributed by atoms with Gasteiger partial charge in [-0.25, -0.2) is 4.68 Å². The molecule has 1 N–H and O–H groups in total. The number of piperazine rings is 1. The molecule has 6 heteroatoms. The minimum absolute atomic E-state index is 0.0500. The molecule has 33 heavy (non-hydrogen) atoms. The van der Waals surface area contributed by atoms with Crippen molar-refractivity contribution in [2.24, 2.45) is 0 Å². The summed E-state index contributed by atoms with van der Waals surface area (Å²) in [5.41, 5.74) is 6.70. The van der Waals surface area contributed by atoms with Crippen molar-refractivity contribution >= 4 is 17.3 Å². The molecule has 0 radical (unpaired) electrons.